The van der Waals surface area contributed by atoms with Crippen LogP contribution in [0.5, 0.6) is 0 Å². The molecule has 0 radical (unpaired) electrons. The Balaban J connectivity index is 1.54. The molecule has 164 valence electrons. The lowest BCUT2D eigenvalue weighted by molar-refractivity contribution is 0.0211. The van der Waals surface area contributed by atoms with Gasteiger partial charge in [0.05, 0.1) is 13.2 Å². The standard InChI is InChI=1S/C27H30N4O/c28-30-29-17-16-26-18-27(26,22-32-21-25-14-8-3-9-15-25)31(19-23-10-4-1-5-11-23)20-24-12-6-2-7-13-24/h1-15,26H,16-22H2/t26-,27-/m0/s1. The fourth-order valence-corrected chi connectivity index (χ4v) is 4.55. The molecule has 2 atom stereocenters. The summed E-state index contributed by atoms with van der Waals surface area (Å²) in [5.74, 6) is 0.455. The second-order valence-electron chi connectivity index (χ2n) is 8.55. The monoisotopic (exact) mass is 426 g/mol. The van der Waals surface area contributed by atoms with Gasteiger partial charge >= 0.3 is 0 Å². The number of hydrogen-bond donors (Lipinski definition) is 0. The Hall–Kier alpha value is -3.11. The van der Waals surface area contributed by atoms with Crippen molar-refractivity contribution in [1.82, 2.24) is 4.90 Å². The van der Waals surface area contributed by atoms with Crippen LogP contribution in [0, 0.1) is 5.92 Å². The van der Waals surface area contributed by atoms with Crippen molar-refractivity contribution >= 4 is 0 Å². The van der Waals surface area contributed by atoms with Crippen molar-refractivity contribution in [1.29, 1.82) is 0 Å². The molecule has 0 heterocycles. The van der Waals surface area contributed by atoms with Crippen molar-refractivity contribution in [3.05, 3.63) is 118 Å². The van der Waals surface area contributed by atoms with Crippen molar-refractivity contribution in [3.63, 3.8) is 0 Å². The van der Waals surface area contributed by atoms with Crippen LogP contribution in [0.4, 0.5) is 0 Å². The van der Waals surface area contributed by atoms with E-state index in [2.05, 4.69) is 87.7 Å². The summed E-state index contributed by atoms with van der Waals surface area (Å²) < 4.78 is 6.29. The number of azide groups is 1. The van der Waals surface area contributed by atoms with Gasteiger partial charge in [-0.15, -0.1) is 0 Å². The highest BCUT2D eigenvalue weighted by Gasteiger charge is 2.57. The van der Waals surface area contributed by atoms with Gasteiger partial charge in [0.25, 0.3) is 0 Å². The maximum Gasteiger partial charge on any atom is 0.0717 e. The van der Waals surface area contributed by atoms with Crippen LogP contribution in [0.25, 0.3) is 10.4 Å². The van der Waals surface area contributed by atoms with Crippen molar-refractivity contribution in [2.75, 3.05) is 13.2 Å². The maximum absolute atomic E-state index is 8.72. The van der Waals surface area contributed by atoms with Crippen molar-refractivity contribution in [2.45, 2.75) is 38.1 Å². The van der Waals surface area contributed by atoms with Gasteiger partial charge in [0.15, 0.2) is 0 Å². The van der Waals surface area contributed by atoms with E-state index >= 15 is 0 Å². The molecule has 4 rings (SSSR count). The first kappa shape index (κ1) is 22.1. The number of ether oxygens (including phenoxy) is 1. The van der Waals surface area contributed by atoms with Crippen LogP contribution in [0.3, 0.4) is 0 Å². The predicted molar refractivity (Wildman–Crippen MR) is 128 cm³/mol. The van der Waals surface area contributed by atoms with Crippen LogP contribution in [0.15, 0.2) is 96.1 Å². The van der Waals surface area contributed by atoms with Crippen LogP contribution < -0.4 is 0 Å². The highest BCUT2D eigenvalue weighted by molar-refractivity contribution is 5.22. The van der Waals surface area contributed by atoms with Gasteiger partial charge in [0, 0.05) is 30.1 Å². The van der Waals surface area contributed by atoms with Crippen LogP contribution >= 0.6 is 0 Å². The molecule has 3 aromatic carbocycles. The molecular formula is C27H30N4O. The smallest absolute Gasteiger partial charge is 0.0717 e. The summed E-state index contributed by atoms with van der Waals surface area (Å²) in [6, 6.07) is 31.6. The lowest BCUT2D eigenvalue weighted by Crippen LogP contribution is -2.42. The first-order chi connectivity index (χ1) is 15.8. The zero-order valence-corrected chi connectivity index (χ0v) is 18.4. The van der Waals surface area contributed by atoms with Gasteiger partial charge in [0.1, 0.15) is 0 Å². The first-order valence-electron chi connectivity index (χ1n) is 11.3. The highest BCUT2D eigenvalue weighted by Crippen LogP contribution is 2.52. The third-order valence-electron chi connectivity index (χ3n) is 6.37. The molecule has 3 aromatic rings. The average molecular weight is 427 g/mol. The van der Waals surface area contributed by atoms with Gasteiger partial charge in [-0.25, -0.2) is 0 Å². The summed E-state index contributed by atoms with van der Waals surface area (Å²) in [5.41, 5.74) is 12.5. The summed E-state index contributed by atoms with van der Waals surface area (Å²) >= 11 is 0. The molecule has 0 aliphatic heterocycles. The molecule has 0 spiro atoms. The van der Waals surface area contributed by atoms with Gasteiger partial charge in [-0.2, -0.15) is 0 Å². The molecule has 1 saturated carbocycles. The van der Waals surface area contributed by atoms with E-state index < -0.39 is 0 Å². The molecule has 0 bridgehead atoms. The van der Waals surface area contributed by atoms with E-state index in [4.69, 9.17) is 10.3 Å². The minimum atomic E-state index is -0.0502. The molecule has 1 fully saturated rings. The SMILES string of the molecule is [N-]=[N+]=NCC[C@H]1C[C@@]1(COCc1ccccc1)N(Cc1ccccc1)Cc1ccccc1. The molecule has 5 nitrogen and oxygen atoms in total. The quantitative estimate of drug-likeness (QED) is 0.192. The molecule has 0 saturated heterocycles. The van der Waals surface area contributed by atoms with Crippen molar-refractivity contribution in [3.8, 4) is 0 Å². The van der Waals surface area contributed by atoms with Crippen LogP contribution in [0.1, 0.15) is 29.5 Å². The number of benzene rings is 3. The number of hydrogen-bond acceptors (Lipinski definition) is 3. The summed E-state index contributed by atoms with van der Waals surface area (Å²) in [4.78, 5) is 5.52. The molecule has 0 N–H and O–H groups in total. The Bertz CT molecular complexity index is 964. The zero-order valence-electron chi connectivity index (χ0n) is 18.4. The van der Waals surface area contributed by atoms with Crippen LogP contribution in [-0.2, 0) is 24.4 Å². The molecule has 5 heteroatoms. The van der Waals surface area contributed by atoms with Gasteiger partial charge in [-0.3, -0.25) is 4.90 Å². The number of nitrogens with zero attached hydrogens (tertiary/aromatic N) is 4. The normalized spacial score (nSPS) is 19.5. The second-order valence-corrected chi connectivity index (χ2v) is 8.55. The second kappa shape index (κ2) is 11.0. The summed E-state index contributed by atoms with van der Waals surface area (Å²) in [7, 11) is 0. The Labute approximate surface area is 190 Å². The Morgan fingerprint density at radius 2 is 1.38 bits per heavy atom. The van der Waals surface area contributed by atoms with Gasteiger partial charge in [0.2, 0.25) is 0 Å². The Morgan fingerprint density at radius 1 is 0.844 bits per heavy atom. The molecule has 32 heavy (non-hydrogen) atoms. The molecule has 0 unspecified atom stereocenters. The molecule has 1 aliphatic rings. The average Bonchev–Trinajstić information content (AvgIpc) is 3.55. The molecule has 1 aliphatic carbocycles. The zero-order chi connectivity index (χ0) is 22.1. The lowest BCUT2D eigenvalue weighted by atomic mass is 10.1. The minimum Gasteiger partial charge on any atom is -0.375 e. The van der Waals surface area contributed by atoms with E-state index in [1.165, 1.54) is 16.7 Å². The van der Waals surface area contributed by atoms with E-state index in [9.17, 15) is 0 Å². The van der Waals surface area contributed by atoms with E-state index in [-0.39, 0.29) is 5.54 Å². The molecular weight excluding hydrogens is 396 g/mol. The van der Waals surface area contributed by atoms with Gasteiger partial charge in [-0.05, 0) is 41.0 Å². The summed E-state index contributed by atoms with van der Waals surface area (Å²) in [6.45, 7) is 3.54. The topological polar surface area (TPSA) is 61.2 Å². The van der Waals surface area contributed by atoms with Gasteiger partial charge in [-0.1, -0.05) is 96.1 Å². The maximum atomic E-state index is 8.72. The minimum absolute atomic E-state index is 0.0502. The highest BCUT2D eigenvalue weighted by atomic mass is 16.5. The third-order valence-corrected chi connectivity index (χ3v) is 6.37. The van der Waals surface area contributed by atoms with Crippen LogP contribution in [-0.4, -0.2) is 23.6 Å². The van der Waals surface area contributed by atoms with E-state index in [1.54, 1.807) is 0 Å². The van der Waals surface area contributed by atoms with Crippen molar-refractivity contribution in [2.24, 2.45) is 11.0 Å². The van der Waals surface area contributed by atoms with Gasteiger partial charge < -0.3 is 4.74 Å². The fraction of sp³-hybridized carbons (Fsp3) is 0.333. The Morgan fingerprint density at radius 3 is 1.91 bits per heavy atom. The largest absolute Gasteiger partial charge is 0.375 e. The van der Waals surface area contributed by atoms with Crippen LogP contribution in [0.2, 0.25) is 0 Å². The predicted octanol–water partition coefficient (Wildman–Crippen LogP) is 6.36. The van der Waals surface area contributed by atoms with E-state index in [1.807, 2.05) is 18.2 Å². The first-order valence-corrected chi connectivity index (χ1v) is 11.3. The Kier molecular flexibility index (Phi) is 7.57. The number of rotatable bonds is 12. The summed E-state index contributed by atoms with van der Waals surface area (Å²) in [6.07, 6.45) is 1.95. The fourth-order valence-electron chi connectivity index (χ4n) is 4.55. The summed E-state index contributed by atoms with van der Waals surface area (Å²) in [5, 5.41) is 3.79. The van der Waals surface area contributed by atoms with E-state index in [0.29, 0.717) is 25.7 Å². The molecule has 0 aromatic heterocycles. The molecule has 0 amide bonds. The third kappa shape index (κ3) is 5.77. The van der Waals surface area contributed by atoms with E-state index in [0.717, 1.165) is 25.9 Å². The van der Waals surface area contributed by atoms with Crippen molar-refractivity contribution < 1.29 is 4.74 Å². The lowest BCUT2D eigenvalue weighted by Gasteiger charge is -2.34.